The summed E-state index contributed by atoms with van der Waals surface area (Å²) in [5.74, 6) is 0.664. The SMILES string of the molecule is c1ccc(-c2nc(-n3c4ccccc4c4cc5c6cc7sc8ccccc8c7cc6n(-c6ccccc6)c5cc43)nc3ccccc23)cc1. The molecule has 0 radical (unpaired) electrons. The summed E-state index contributed by atoms with van der Waals surface area (Å²) in [6.45, 7) is 0. The molecule has 7 aromatic carbocycles. The van der Waals surface area contributed by atoms with E-state index < -0.39 is 0 Å². The fraction of sp³-hybridized carbons (Fsp3) is 0. The first-order valence-electron chi connectivity index (χ1n) is 16.5. The number of hydrogen-bond donors (Lipinski definition) is 0. The van der Waals surface area contributed by atoms with E-state index >= 15 is 0 Å². The van der Waals surface area contributed by atoms with Gasteiger partial charge in [-0.1, -0.05) is 103 Å². The van der Waals surface area contributed by atoms with Crippen LogP contribution >= 0.6 is 11.3 Å². The van der Waals surface area contributed by atoms with Crippen molar-refractivity contribution in [1.82, 2.24) is 19.1 Å². The molecule has 0 aliphatic carbocycles. The van der Waals surface area contributed by atoms with Crippen LogP contribution in [0.2, 0.25) is 0 Å². The van der Waals surface area contributed by atoms with Crippen LogP contribution in [-0.4, -0.2) is 19.1 Å². The number of para-hydroxylation sites is 3. The molecule has 4 aromatic heterocycles. The first-order chi connectivity index (χ1) is 24.3. The van der Waals surface area contributed by atoms with Crippen LogP contribution in [0.3, 0.4) is 0 Å². The molecule has 0 fully saturated rings. The molecule has 0 spiro atoms. The fourth-order valence-corrected chi connectivity index (χ4v) is 8.87. The van der Waals surface area contributed by atoms with Gasteiger partial charge < -0.3 is 4.57 Å². The van der Waals surface area contributed by atoms with Gasteiger partial charge in [-0.05, 0) is 54.6 Å². The average molecular weight is 643 g/mol. The van der Waals surface area contributed by atoms with E-state index in [1.54, 1.807) is 0 Å². The Hall–Kier alpha value is -6.30. The van der Waals surface area contributed by atoms with Crippen molar-refractivity contribution in [3.8, 4) is 22.9 Å². The molecule has 0 atom stereocenters. The van der Waals surface area contributed by atoms with E-state index in [0.29, 0.717) is 5.95 Å². The van der Waals surface area contributed by atoms with Crippen LogP contribution in [0, 0.1) is 0 Å². The second-order valence-electron chi connectivity index (χ2n) is 12.6. The smallest absolute Gasteiger partial charge is 0.235 e. The lowest BCUT2D eigenvalue weighted by atomic mass is 10.1. The van der Waals surface area contributed by atoms with Crippen LogP contribution in [0.5, 0.6) is 0 Å². The number of hydrogen-bond acceptors (Lipinski definition) is 3. The maximum atomic E-state index is 5.32. The number of thiophene rings is 1. The third-order valence-corrected chi connectivity index (χ3v) is 11.0. The molecule has 0 amide bonds. The van der Waals surface area contributed by atoms with E-state index in [0.717, 1.165) is 44.4 Å². The zero-order valence-corrected chi connectivity index (χ0v) is 27.0. The summed E-state index contributed by atoms with van der Waals surface area (Å²) in [6, 6.07) is 56.4. The van der Waals surface area contributed by atoms with Gasteiger partial charge in [0.2, 0.25) is 5.95 Å². The van der Waals surface area contributed by atoms with Crippen LogP contribution in [0.4, 0.5) is 0 Å². The minimum Gasteiger partial charge on any atom is -0.309 e. The van der Waals surface area contributed by atoms with Crippen LogP contribution in [0.25, 0.3) is 97.6 Å². The molecule has 0 aliphatic heterocycles. The Balaban J connectivity index is 1.29. The molecule has 11 rings (SSSR count). The summed E-state index contributed by atoms with van der Waals surface area (Å²) in [4.78, 5) is 10.5. The van der Waals surface area contributed by atoms with Crippen molar-refractivity contribution in [3.05, 3.63) is 158 Å². The molecule has 0 bridgehead atoms. The van der Waals surface area contributed by atoms with Crippen molar-refractivity contribution in [2.24, 2.45) is 0 Å². The van der Waals surface area contributed by atoms with Crippen molar-refractivity contribution in [2.45, 2.75) is 0 Å². The minimum atomic E-state index is 0.664. The van der Waals surface area contributed by atoms with Gasteiger partial charge in [-0.25, -0.2) is 9.97 Å². The summed E-state index contributed by atoms with van der Waals surface area (Å²) >= 11 is 1.87. The number of nitrogens with zero attached hydrogens (tertiary/aromatic N) is 4. The van der Waals surface area contributed by atoms with Gasteiger partial charge in [0.25, 0.3) is 0 Å². The Morgan fingerprint density at radius 1 is 0.388 bits per heavy atom. The lowest BCUT2D eigenvalue weighted by Gasteiger charge is -2.12. The Kier molecular flexibility index (Phi) is 5.51. The van der Waals surface area contributed by atoms with Gasteiger partial charge in [0.1, 0.15) is 0 Å². The molecule has 4 nitrogen and oxygen atoms in total. The van der Waals surface area contributed by atoms with Gasteiger partial charge in [-0.3, -0.25) is 4.57 Å². The molecule has 4 heterocycles. The van der Waals surface area contributed by atoms with Gasteiger partial charge in [-0.2, -0.15) is 0 Å². The molecule has 0 saturated carbocycles. The first kappa shape index (κ1) is 26.7. The van der Waals surface area contributed by atoms with Crippen molar-refractivity contribution in [2.75, 3.05) is 0 Å². The predicted octanol–water partition coefficient (Wildman–Crippen LogP) is 11.9. The standard InChI is InChI=1S/C44H26N4S/c1-3-13-27(14-4-1)43-31-19-7-10-20-36(31)45-44(46-43)48-37-21-11-8-17-29(37)32-23-33-34-25-42-35(30-18-9-12-22-41(30)49-42)24-38(34)47(39(33)26-40(32)48)28-15-5-2-6-16-28/h1-26H. The number of benzene rings is 7. The average Bonchev–Trinajstić information content (AvgIpc) is 3.80. The molecule has 0 unspecified atom stereocenters. The van der Waals surface area contributed by atoms with Crippen LogP contribution in [0.1, 0.15) is 0 Å². The molecular weight excluding hydrogens is 617 g/mol. The monoisotopic (exact) mass is 642 g/mol. The maximum absolute atomic E-state index is 5.32. The van der Waals surface area contributed by atoms with Crippen LogP contribution in [-0.2, 0) is 0 Å². The largest absolute Gasteiger partial charge is 0.309 e. The topological polar surface area (TPSA) is 35.6 Å². The highest BCUT2D eigenvalue weighted by molar-refractivity contribution is 7.25. The van der Waals surface area contributed by atoms with Crippen LogP contribution < -0.4 is 0 Å². The Bertz CT molecular complexity index is 3100. The van der Waals surface area contributed by atoms with E-state index in [4.69, 9.17) is 9.97 Å². The normalized spacial score (nSPS) is 12.1. The predicted molar refractivity (Wildman–Crippen MR) is 207 cm³/mol. The van der Waals surface area contributed by atoms with E-state index in [-0.39, 0.29) is 0 Å². The number of rotatable bonds is 3. The molecule has 0 aliphatic rings. The Labute approximate surface area is 284 Å². The third kappa shape index (κ3) is 3.85. The third-order valence-electron chi connectivity index (χ3n) is 9.91. The summed E-state index contributed by atoms with van der Waals surface area (Å²) < 4.78 is 7.30. The maximum Gasteiger partial charge on any atom is 0.235 e. The lowest BCUT2D eigenvalue weighted by Crippen LogP contribution is -2.03. The first-order valence-corrected chi connectivity index (χ1v) is 17.3. The Morgan fingerprint density at radius 2 is 1.02 bits per heavy atom. The van der Waals surface area contributed by atoms with E-state index in [2.05, 4.69) is 161 Å². The van der Waals surface area contributed by atoms with Crippen molar-refractivity contribution in [1.29, 1.82) is 0 Å². The quantitative estimate of drug-likeness (QED) is 0.192. The van der Waals surface area contributed by atoms with Crippen LogP contribution in [0.15, 0.2) is 158 Å². The van der Waals surface area contributed by atoms with E-state index in [1.165, 1.54) is 47.2 Å². The summed E-state index contributed by atoms with van der Waals surface area (Å²) in [7, 11) is 0. The van der Waals surface area contributed by atoms with Gasteiger partial charge in [0.05, 0.1) is 33.3 Å². The second-order valence-corrected chi connectivity index (χ2v) is 13.7. The molecule has 228 valence electrons. The highest BCUT2D eigenvalue weighted by Crippen LogP contribution is 2.43. The van der Waals surface area contributed by atoms with Crippen molar-refractivity contribution < 1.29 is 0 Å². The van der Waals surface area contributed by atoms with Crippen molar-refractivity contribution in [3.63, 3.8) is 0 Å². The number of fused-ring (bicyclic) bond motifs is 10. The lowest BCUT2D eigenvalue weighted by molar-refractivity contribution is 1.01. The zero-order chi connectivity index (χ0) is 32.1. The van der Waals surface area contributed by atoms with E-state index in [1.807, 2.05) is 17.4 Å². The van der Waals surface area contributed by atoms with Crippen molar-refractivity contribution >= 4 is 86.0 Å². The second kappa shape index (κ2) is 10.1. The highest BCUT2D eigenvalue weighted by atomic mass is 32.1. The molecule has 11 aromatic rings. The molecule has 0 saturated heterocycles. The van der Waals surface area contributed by atoms with Gasteiger partial charge >= 0.3 is 0 Å². The highest BCUT2D eigenvalue weighted by Gasteiger charge is 2.21. The summed E-state index contributed by atoms with van der Waals surface area (Å²) in [5.41, 5.74) is 8.58. The summed E-state index contributed by atoms with van der Waals surface area (Å²) in [6.07, 6.45) is 0. The zero-order valence-electron chi connectivity index (χ0n) is 26.2. The molecule has 5 heteroatoms. The minimum absolute atomic E-state index is 0.664. The van der Waals surface area contributed by atoms with Gasteiger partial charge in [0.15, 0.2) is 0 Å². The van der Waals surface area contributed by atoms with Gasteiger partial charge in [0, 0.05) is 58.4 Å². The Morgan fingerprint density at radius 3 is 1.88 bits per heavy atom. The molecular formula is C44H26N4S. The molecule has 0 N–H and O–H groups in total. The number of aromatic nitrogens is 4. The van der Waals surface area contributed by atoms with E-state index in [9.17, 15) is 0 Å². The fourth-order valence-electron chi connectivity index (χ4n) is 7.75. The summed E-state index contributed by atoms with van der Waals surface area (Å²) in [5, 5.41) is 8.50. The molecule has 49 heavy (non-hydrogen) atoms. The van der Waals surface area contributed by atoms with Gasteiger partial charge in [-0.15, -0.1) is 11.3 Å².